The van der Waals surface area contributed by atoms with Crippen molar-refractivity contribution in [2.24, 2.45) is 0 Å². The molecule has 5 nitrogen and oxygen atoms in total. The van der Waals surface area contributed by atoms with E-state index in [-0.39, 0.29) is 11.5 Å². The Labute approximate surface area is 121 Å². The fraction of sp³-hybridized carbons (Fsp3) is 0.333. The van der Waals surface area contributed by atoms with Gasteiger partial charge in [0.15, 0.2) is 0 Å². The van der Waals surface area contributed by atoms with E-state index < -0.39 is 17.4 Å². The van der Waals surface area contributed by atoms with Crippen molar-refractivity contribution in [3.8, 4) is 0 Å². The molecule has 0 saturated carbocycles. The minimum absolute atomic E-state index is 0.0905. The first kappa shape index (κ1) is 15.2. The molecule has 0 bridgehead atoms. The fourth-order valence-electron chi connectivity index (χ4n) is 2.13. The van der Waals surface area contributed by atoms with Crippen LogP contribution >= 0.6 is 0 Å². The van der Waals surface area contributed by atoms with Crippen LogP contribution in [0.2, 0.25) is 0 Å². The average molecular weight is 293 g/mol. The van der Waals surface area contributed by atoms with Crippen molar-refractivity contribution < 1.29 is 23.8 Å². The SMILES string of the molecule is CC1(C(=O)Nc2ccc(F)c(/C=C/C(=O)O)c2)CCCO1. The lowest BCUT2D eigenvalue weighted by Crippen LogP contribution is -2.39. The number of carbonyl (C=O) groups is 2. The van der Waals surface area contributed by atoms with E-state index in [1.54, 1.807) is 6.92 Å². The van der Waals surface area contributed by atoms with Crippen LogP contribution in [0.1, 0.15) is 25.3 Å². The highest BCUT2D eigenvalue weighted by Crippen LogP contribution is 2.27. The number of carboxylic acid groups (broad SMARTS) is 1. The molecule has 0 aromatic heterocycles. The molecule has 1 saturated heterocycles. The summed E-state index contributed by atoms with van der Waals surface area (Å²) < 4.78 is 19.0. The minimum atomic E-state index is -1.17. The van der Waals surface area contributed by atoms with Crippen LogP contribution in [0.5, 0.6) is 0 Å². The van der Waals surface area contributed by atoms with Gasteiger partial charge in [-0.05, 0) is 44.0 Å². The maximum Gasteiger partial charge on any atom is 0.328 e. The van der Waals surface area contributed by atoms with Crippen LogP contribution in [0.4, 0.5) is 10.1 Å². The van der Waals surface area contributed by atoms with Crippen molar-refractivity contribution >= 4 is 23.6 Å². The molecule has 1 aromatic rings. The van der Waals surface area contributed by atoms with E-state index >= 15 is 0 Å². The van der Waals surface area contributed by atoms with E-state index in [4.69, 9.17) is 9.84 Å². The van der Waals surface area contributed by atoms with Crippen molar-refractivity contribution in [3.05, 3.63) is 35.7 Å². The number of rotatable bonds is 4. The summed E-state index contributed by atoms with van der Waals surface area (Å²) >= 11 is 0. The molecule has 0 aliphatic carbocycles. The third-order valence-corrected chi connectivity index (χ3v) is 3.36. The van der Waals surface area contributed by atoms with Crippen LogP contribution in [-0.4, -0.2) is 29.2 Å². The highest BCUT2D eigenvalue weighted by Gasteiger charge is 2.37. The van der Waals surface area contributed by atoms with Gasteiger partial charge in [-0.2, -0.15) is 0 Å². The lowest BCUT2D eigenvalue weighted by Gasteiger charge is -2.22. The number of ether oxygens (including phenoxy) is 1. The number of amides is 1. The van der Waals surface area contributed by atoms with E-state index in [1.807, 2.05) is 0 Å². The standard InChI is InChI=1S/C15H16FNO4/c1-15(7-2-8-21-15)14(20)17-11-4-5-12(16)10(9-11)3-6-13(18)19/h3-6,9H,2,7-8H2,1H3,(H,17,20)(H,18,19)/b6-3+. The Morgan fingerprint density at radius 3 is 2.86 bits per heavy atom. The van der Waals surface area contributed by atoms with Gasteiger partial charge in [-0.1, -0.05) is 0 Å². The van der Waals surface area contributed by atoms with Gasteiger partial charge in [-0.15, -0.1) is 0 Å². The number of nitrogens with one attached hydrogen (secondary N) is 1. The Hall–Kier alpha value is -2.21. The van der Waals surface area contributed by atoms with Crippen LogP contribution < -0.4 is 5.32 Å². The summed E-state index contributed by atoms with van der Waals surface area (Å²) in [5.74, 6) is -2.02. The molecule has 1 aliphatic heterocycles. The maximum atomic E-state index is 13.6. The Morgan fingerprint density at radius 2 is 2.24 bits per heavy atom. The zero-order chi connectivity index (χ0) is 15.5. The first-order valence-electron chi connectivity index (χ1n) is 6.57. The number of benzene rings is 1. The molecule has 0 radical (unpaired) electrons. The van der Waals surface area contributed by atoms with Gasteiger partial charge in [-0.25, -0.2) is 9.18 Å². The van der Waals surface area contributed by atoms with Gasteiger partial charge in [0.2, 0.25) is 0 Å². The van der Waals surface area contributed by atoms with Gasteiger partial charge in [0.25, 0.3) is 5.91 Å². The monoisotopic (exact) mass is 293 g/mol. The molecule has 1 aliphatic rings. The number of hydrogen-bond acceptors (Lipinski definition) is 3. The molecule has 21 heavy (non-hydrogen) atoms. The lowest BCUT2D eigenvalue weighted by atomic mass is 10.0. The predicted octanol–water partition coefficient (Wildman–Crippen LogP) is 2.43. The highest BCUT2D eigenvalue weighted by molar-refractivity contribution is 5.97. The van der Waals surface area contributed by atoms with Gasteiger partial charge in [-0.3, -0.25) is 4.79 Å². The average Bonchev–Trinajstić information content (AvgIpc) is 2.87. The number of halogens is 1. The van der Waals surface area contributed by atoms with E-state index in [0.29, 0.717) is 18.7 Å². The van der Waals surface area contributed by atoms with Crippen LogP contribution in [-0.2, 0) is 14.3 Å². The van der Waals surface area contributed by atoms with Crippen LogP contribution in [0, 0.1) is 5.82 Å². The molecule has 2 N–H and O–H groups in total. The smallest absolute Gasteiger partial charge is 0.328 e. The topological polar surface area (TPSA) is 75.6 Å². The largest absolute Gasteiger partial charge is 0.478 e. The summed E-state index contributed by atoms with van der Waals surface area (Å²) in [6.07, 6.45) is 3.43. The van der Waals surface area contributed by atoms with Crippen molar-refractivity contribution in [2.45, 2.75) is 25.4 Å². The van der Waals surface area contributed by atoms with Crippen molar-refractivity contribution in [2.75, 3.05) is 11.9 Å². The molecule has 1 amide bonds. The molecule has 1 unspecified atom stereocenters. The molecule has 1 fully saturated rings. The second-order valence-corrected chi connectivity index (χ2v) is 5.04. The number of aliphatic carboxylic acids is 1. The van der Waals surface area contributed by atoms with E-state index in [9.17, 15) is 14.0 Å². The quantitative estimate of drug-likeness (QED) is 0.836. The molecular formula is C15H16FNO4. The minimum Gasteiger partial charge on any atom is -0.478 e. The number of carbonyl (C=O) groups excluding carboxylic acids is 1. The second kappa shape index (κ2) is 6.05. The summed E-state index contributed by atoms with van der Waals surface area (Å²) in [4.78, 5) is 22.6. The summed E-state index contributed by atoms with van der Waals surface area (Å²) in [6.45, 7) is 2.25. The second-order valence-electron chi connectivity index (χ2n) is 5.04. The first-order chi connectivity index (χ1) is 9.90. The molecule has 112 valence electrons. The first-order valence-corrected chi connectivity index (χ1v) is 6.57. The summed E-state index contributed by atoms with van der Waals surface area (Å²) in [5, 5.41) is 11.2. The number of carboxylic acids is 1. The van der Waals surface area contributed by atoms with Gasteiger partial charge in [0, 0.05) is 23.9 Å². The van der Waals surface area contributed by atoms with Gasteiger partial charge in [0.1, 0.15) is 11.4 Å². The molecule has 6 heteroatoms. The predicted molar refractivity (Wildman–Crippen MR) is 75.3 cm³/mol. The molecule has 1 atom stereocenters. The van der Waals surface area contributed by atoms with Crippen LogP contribution in [0.25, 0.3) is 6.08 Å². The maximum absolute atomic E-state index is 13.6. The summed E-state index contributed by atoms with van der Waals surface area (Å²) in [6, 6.07) is 3.98. The van der Waals surface area contributed by atoms with Crippen molar-refractivity contribution in [1.82, 2.24) is 0 Å². The summed E-state index contributed by atoms with van der Waals surface area (Å²) in [5.41, 5.74) is -0.387. The molecule has 1 aromatic carbocycles. The van der Waals surface area contributed by atoms with Gasteiger partial charge < -0.3 is 15.2 Å². The zero-order valence-corrected chi connectivity index (χ0v) is 11.6. The summed E-state index contributed by atoms with van der Waals surface area (Å²) in [7, 11) is 0. The zero-order valence-electron chi connectivity index (χ0n) is 11.6. The van der Waals surface area contributed by atoms with Crippen molar-refractivity contribution in [3.63, 3.8) is 0 Å². The van der Waals surface area contributed by atoms with E-state index in [1.165, 1.54) is 18.2 Å². The molecule has 1 heterocycles. The van der Waals surface area contributed by atoms with Crippen molar-refractivity contribution in [1.29, 1.82) is 0 Å². The normalized spacial score (nSPS) is 21.6. The Kier molecular flexibility index (Phi) is 4.37. The Bertz CT molecular complexity index is 591. The van der Waals surface area contributed by atoms with Crippen LogP contribution in [0.15, 0.2) is 24.3 Å². The Morgan fingerprint density at radius 1 is 1.48 bits per heavy atom. The third-order valence-electron chi connectivity index (χ3n) is 3.36. The number of anilines is 1. The molecule has 2 rings (SSSR count). The van der Waals surface area contributed by atoms with Crippen LogP contribution in [0.3, 0.4) is 0 Å². The van der Waals surface area contributed by atoms with E-state index in [2.05, 4.69) is 5.32 Å². The van der Waals surface area contributed by atoms with E-state index in [0.717, 1.165) is 18.6 Å². The van der Waals surface area contributed by atoms with Gasteiger partial charge >= 0.3 is 5.97 Å². The Balaban J connectivity index is 2.15. The highest BCUT2D eigenvalue weighted by atomic mass is 19.1. The number of hydrogen-bond donors (Lipinski definition) is 2. The van der Waals surface area contributed by atoms with Gasteiger partial charge in [0.05, 0.1) is 0 Å². The lowest BCUT2D eigenvalue weighted by molar-refractivity contribution is -0.133. The molecular weight excluding hydrogens is 277 g/mol. The molecule has 0 spiro atoms. The fourth-order valence-corrected chi connectivity index (χ4v) is 2.13. The third kappa shape index (κ3) is 3.66.